The SMILES string of the molecule is CC(C)(C)OC(=O)[N+]1(CCO)CCNCC1. The second kappa shape index (κ2) is 5.12. The molecule has 0 aromatic carbocycles. The summed E-state index contributed by atoms with van der Waals surface area (Å²) < 4.78 is 5.66. The van der Waals surface area contributed by atoms with Crippen molar-refractivity contribution < 1.29 is 19.1 Å². The number of nitrogens with one attached hydrogen (secondary N) is 1. The van der Waals surface area contributed by atoms with Crippen molar-refractivity contribution in [1.82, 2.24) is 5.32 Å². The Morgan fingerprint density at radius 3 is 2.38 bits per heavy atom. The van der Waals surface area contributed by atoms with Crippen LogP contribution in [0.1, 0.15) is 20.8 Å². The van der Waals surface area contributed by atoms with Crippen molar-refractivity contribution in [1.29, 1.82) is 0 Å². The van der Waals surface area contributed by atoms with E-state index in [-0.39, 0.29) is 17.2 Å². The van der Waals surface area contributed by atoms with Crippen molar-refractivity contribution >= 4 is 6.09 Å². The topological polar surface area (TPSA) is 58.6 Å². The molecule has 1 amide bonds. The Hall–Kier alpha value is -0.650. The van der Waals surface area contributed by atoms with Crippen LogP contribution in [0.2, 0.25) is 0 Å². The fourth-order valence-corrected chi connectivity index (χ4v) is 1.87. The van der Waals surface area contributed by atoms with Gasteiger partial charge in [0, 0.05) is 13.1 Å². The van der Waals surface area contributed by atoms with Gasteiger partial charge in [-0.3, -0.25) is 0 Å². The minimum absolute atomic E-state index is 0.0131. The lowest BCUT2D eigenvalue weighted by Crippen LogP contribution is -2.63. The van der Waals surface area contributed by atoms with Crippen molar-refractivity contribution in [3.63, 3.8) is 0 Å². The highest BCUT2D eigenvalue weighted by atomic mass is 16.6. The molecule has 1 rings (SSSR count). The van der Waals surface area contributed by atoms with E-state index in [1.165, 1.54) is 0 Å². The maximum absolute atomic E-state index is 12.1. The molecular weight excluding hydrogens is 208 g/mol. The Morgan fingerprint density at radius 1 is 1.38 bits per heavy atom. The van der Waals surface area contributed by atoms with Crippen LogP contribution in [0.25, 0.3) is 0 Å². The Labute approximate surface area is 97.0 Å². The van der Waals surface area contributed by atoms with Crippen LogP contribution in [0.15, 0.2) is 0 Å². The van der Waals surface area contributed by atoms with E-state index < -0.39 is 5.60 Å². The third-order valence-corrected chi connectivity index (χ3v) is 2.74. The summed E-state index contributed by atoms with van der Waals surface area (Å²) in [5, 5.41) is 12.3. The van der Waals surface area contributed by atoms with Crippen LogP contribution in [0.3, 0.4) is 0 Å². The third kappa shape index (κ3) is 3.43. The number of rotatable bonds is 2. The van der Waals surface area contributed by atoms with E-state index in [2.05, 4.69) is 5.32 Å². The normalized spacial score (nSPS) is 20.5. The predicted molar refractivity (Wildman–Crippen MR) is 61.1 cm³/mol. The number of piperazine rings is 1. The van der Waals surface area contributed by atoms with Gasteiger partial charge in [0.1, 0.15) is 25.2 Å². The number of hydrogen-bond acceptors (Lipinski definition) is 4. The zero-order chi connectivity index (χ0) is 12.2. The smallest absolute Gasteiger partial charge is 0.414 e. The molecule has 0 bridgehead atoms. The minimum Gasteiger partial charge on any atom is -0.414 e. The van der Waals surface area contributed by atoms with Crippen LogP contribution in [0.5, 0.6) is 0 Å². The van der Waals surface area contributed by atoms with Gasteiger partial charge in [0.2, 0.25) is 0 Å². The van der Waals surface area contributed by atoms with Crippen molar-refractivity contribution in [2.24, 2.45) is 0 Å². The van der Waals surface area contributed by atoms with Crippen LogP contribution in [-0.4, -0.2) is 60.6 Å². The average Bonchev–Trinajstić information content (AvgIpc) is 2.17. The molecule has 94 valence electrons. The number of aliphatic hydroxyl groups excluding tert-OH is 1. The number of carbonyl (C=O) groups is 1. The Morgan fingerprint density at radius 2 is 1.94 bits per heavy atom. The molecule has 1 saturated heterocycles. The molecule has 0 radical (unpaired) electrons. The highest BCUT2D eigenvalue weighted by Crippen LogP contribution is 2.17. The lowest BCUT2D eigenvalue weighted by molar-refractivity contribution is -0.861. The van der Waals surface area contributed by atoms with Gasteiger partial charge >= 0.3 is 6.09 Å². The van der Waals surface area contributed by atoms with Crippen LogP contribution >= 0.6 is 0 Å². The zero-order valence-electron chi connectivity index (χ0n) is 10.5. The quantitative estimate of drug-likeness (QED) is 0.673. The van der Waals surface area contributed by atoms with Gasteiger partial charge in [0.25, 0.3) is 0 Å². The number of amides is 1. The molecule has 5 nitrogen and oxygen atoms in total. The molecular formula is C11H23N2O3+. The van der Waals surface area contributed by atoms with Gasteiger partial charge < -0.3 is 15.2 Å². The van der Waals surface area contributed by atoms with Gasteiger partial charge in [-0.15, -0.1) is 0 Å². The minimum atomic E-state index is -0.470. The summed E-state index contributed by atoms with van der Waals surface area (Å²) in [5.74, 6) is 0. The molecule has 2 N–H and O–H groups in total. The molecule has 0 aromatic heterocycles. The first-order valence-electron chi connectivity index (χ1n) is 5.81. The zero-order valence-corrected chi connectivity index (χ0v) is 10.5. The van der Waals surface area contributed by atoms with E-state index in [9.17, 15) is 4.79 Å². The van der Waals surface area contributed by atoms with E-state index in [0.717, 1.165) is 13.1 Å². The van der Waals surface area contributed by atoms with Crippen LogP contribution in [-0.2, 0) is 4.74 Å². The van der Waals surface area contributed by atoms with Gasteiger partial charge in [0.15, 0.2) is 0 Å². The monoisotopic (exact) mass is 231 g/mol. The Balaban J connectivity index is 2.72. The summed E-state index contributed by atoms with van der Waals surface area (Å²) in [7, 11) is 0. The standard InChI is InChI=1S/C11H23N2O3/c1-11(2,3)16-10(15)13(8-9-14)6-4-12-5-7-13/h12,14H,4-9H2,1-3H3/q+1. The first kappa shape index (κ1) is 13.4. The number of hydrogen-bond donors (Lipinski definition) is 2. The number of nitrogens with zero attached hydrogens (tertiary/aromatic N) is 1. The molecule has 1 aliphatic heterocycles. The maximum Gasteiger partial charge on any atom is 0.516 e. The first-order chi connectivity index (χ1) is 7.40. The van der Waals surface area contributed by atoms with E-state index in [4.69, 9.17) is 9.84 Å². The molecule has 0 aliphatic carbocycles. The molecule has 1 heterocycles. The summed E-state index contributed by atoms with van der Waals surface area (Å²) in [6, 6.07) is 0. The summed E-state index contributed by atoms with van der Waals surface area (Å²) in [6.45, 7) is 9.01. The Kier molecular flexibility index (Phi) is 4.29. The highest BCUT2D eigenvalue weighted by Gasteiger charge is 2.41. The molecule has 16 heavy (non-hydrogen) atoms. The largest absolute Gasteiger partial charge is 0.516 e. The van der Waals surface area contributed by atoms with Crippen molar-refractivity contribution in [3.8, 4) is 0 Å². The fraction of sp³-hybridized carbons (Fsp3) is 0.909. The summed E-state index contributed by atoms with van der Waals surface area (Å²) in [4.78, 5) is 12.1. The number of carbonyl (C=O) groups excluding carboxylic acids is 1. The Bertz CT molecular complexity index is 237. The highest BCUT2D eigenvalue weighted by molar-refractivity contribution is 5.60. The second-order valence-electron chi connectivity index (χ2n) is 5.27. The third-order valence-electron chi connectivity index (χ3n) is 2.74. The number of ether oxygens (including phenoxy) is 1. The van der Waals surface area contributed by atoms with Crippen molar-refractivity contribution in [2.45, 2.75) is 26.4 Å². The summed E-state index contributed by atoms with van der Waals surface area (Å²) in [6.07, 6.45) is -0.219. The average molecular weight is 231 g/mol. The fourth-order valence-electron chi connectivity index (χ4n) is 1.87. The van der Waals surface area contributed by atoms with E-state index in [1.807, 2.05) is 20.8 Å². The first-order valence-corrected chi connectivity index (χ1v) is 5.81. The van der Waals surface area contributed by atoms with Gasteiger partial charge in [-0.2, -0.15) is 4.79 Å². The lowest BCUT2D eigenvalue weighted by atomic mass is 10.2. The summed E-state index contributed by atoms with van der Waals surface area (Å²) in [5.41, 5.74) is -0.470. The molecule has 0 unspecified atom stereocenters. The molecule has 5 heteroatoms. The van der Waals surface area contributed by atoms with Crippen LogP contribution in [0, 0.1) is 0 Å². The molecule has 1 aliphatic rings. The van der Waals surface area contributed by atoms with E-state index in [1.54, 1.807) is 0 Å². The van der Waals surface area contributed by atoms with Crippen LogP contribution in [0.4, 0.5) is 4.79 Å². The molecule has 0 atom stereocenters. The van der Waals surface area contributed by atoms with E-state index >= 15 is 0 Å². The van der Waals surface area contributed by atoms with Gasteiger partial charge in [-0.25, -0.2) is 4.48 Å². The molecule has 0 saturated carbocycles. The van der Waals surface area contributed by atoms with Crippen LogP contribution < -0.4 is 5.32 Å². The molecule has 0 spiro atoms. The molecule has 0 aromatic rings. The van der Waals surface area contributed by atoms with E-state index in [0.29, 0.717) is 19.6 Å². The predicted octanol–water partition coefficient (Wildman–Crippen LogP) is 0.334. The number of quaternary nitrogens is 1. The maximum atomic E-state index is 12.1. The van der Waals surface area contributed by atoms with Crippen molar-refractivity contribution in [3.05, 3.63) is 0 Å². The number of aliphatic hydroxyl groups is 1. The molecule has 1 fully saturated rings. The van der Waals surface area contributed by atoms with Gasteiger partial charge in [-0.05, 0) is 20.8 Å². The van der Waals surface area contributed by atoms with Gasteiger partial charge in [-0.1, -0.05) is 0 Å². The lowest BCUT2D eigenvalue weighted by Gasteiger charge is -2.38. The van der Waals surface area contributed by atoms with Gasteiger partial charge in [0.05, 0.1) is 6.61 Å². The summed E-state index contributed by atoms with van der Waals surface area (Å²) >= 11 is 0. The van der Waals surface area contributed by atoms with Crippen molar-refractivity contribution in [2.75, 3.05) is 39.3 Å². The second-order valence-corrected chi connectivity index (χ2v) is 5.27.